The molecular weight excluding hydrogens is 480 g/mol. The molecule has 3 aliphatic heterocycles. The SMILES string of the molecule is O=C1CCC(N2Cc3cc(O[C@H]4CCN(Cc5ccc6nc(Cl)ccc6c5)C4)ccc3C2=O)C(=O)N1. The number of ether oxygens (including phenoxy) is 1. The minimum absolute atomic E-state index is 0.0623. The predicted octanol–water partition coefficient (Wildman–Crippen LogP) is 3.30. The highest BCUT2D eigenvalue weighted by molar-refractivity contribution is 6.29. The van der Waals surface area contributed by atoms with Gasteiger partial charge in [0.2, 0.25) is 11.8 Å². The number of piperidine rings is 1. The van der Waals surface area contributed by atoms with Gasteiger partial charge in [0.1, 0.15) is 23.0 Å². The van der Waals surface area contributed by atoms with Crippen molar-refractivity contribution in [3.05, 3.63) is 70.4 Å². The highest BCUT2D eigenvalue weighted by Crippen LogP contribution is 2.31. The molecule has 0 radical (unpaired) electrons. The van der Waals surface area contributed by atoms with Crippen LogP contribution >= 0.6 is 11.6 Å². The largest absolute Gasteiger partial charge is 0.489 e. The van der Waals surface area contributed by atoms with Gasteiger partial charge in [0.25, 0.3) is 5.91 Å². The van der Waals surface area contributed by atoms with Crippen molar-refractivity contribution >= 4 is 40.2 Å². The highest BCUT2D eigenvalue weighted by Gasteiger charge is 2.39. The lowest BCUT2D eigenvalue weighted by atomic mass is 10.0. The van der Waals surface area contributed by atoms with E-state index in [0.717, 1.165) is 48.3 Å². The molecule has 0 aliphatic carbocycles. The summed E-state index contributed by atoms with van der Waals surface area (Å²) < 4.78 is 6.28. The van der Waals surface area contributed by atoms with Gasteiger partial charge in [-0.25, -0.2) is 4.98 Å². The number of amides is 3. The molecule has 8 nitrogen and oxygen atoms in total. The molecule has 4 heterocycles. The van der Waals surface area contributed by atoms with Crippen molar-refractivity contribution in [3.8, 4) is 5.75 Å². The van der Waals surface area contributed by atoms with E-state index in [1.807, 2.05) is 30.3 Å². The number of likely N-dealkylation sites (tertiary alicyclic amines) is 1. The van der Waals surface area contributed by atoms with Gasteiger partial charge in [-0.1, -0.05) is 17.7 Å². The molecule has 2 aromatic carbocycles. The smallest absolute Gasteiger partial charge is 0.255 e. The van der Waals surface area contributed by atoms with Gasteiger partial charge in [-0.05, 0) is 66.4 Å². The summed E-state index contributed by atoms with van der Waals surface area (Å²) in [4.78, 5) is 44.9. The van der Waals surface area contributed by atoms with E-state index in [1.54, 1.807) is 11.0 Å². The molecule has 1 unspecified atom stereocenters. The van der Waals surface area contributed by atoms with Crippen LogP contribution in [0.4, 0.5) is 0 Å². The molecule has 0 spiro atoms. The molecule has 184 valence electrons. The van der Waals surface area contributed by atoms with Crippen LogP contribution in [0.25, 0.3) is 10.9 Å². The van der Waals surface area contributed by atoms with E-state index in [0.29, 0.717) is 23.7 Å². The first-order chi connectivity index (χ1) is 17.4. The fourth-order valence-electron chi connectivity index (χ4n) is 5.36. The number of fused-ring (bicyclic) bond motifs is 2. The van der Waals surface area contributed by atoms with Crippen LogP contribution in [-0.2, 0) is 22.7 Å². The zero-order valence-corrected chi connectivity index (χ0v) is 20.3. The summed E-state index contributed by atoms with van der Waals surface area (Å²) in [6.07, 6.45) is 1.58. The average molecular weight is 505 g/mol. The zero-order chi connectivity index (χ0) is 24.8. The van der Waals surface area contributed by atoms with Gasteiger partial charge in [0.15, 0.2) is 0 Å². The Morgan fingerprint density at radius 3 is 2.81 bits per heavy atom. The van der Waals surface area contributed by atoms with Crippen LogP contribution in [-0.4, -0.2) is 57.7 Å². The van der Waals surface area contributed by atoms with Gasteiger partial charge < -0.3 is 9.64 Å². The van der Waals surface area contributed by atoms with Crippen molar-refractivity contribution in [1.29, 1.82) is 0 Å². The summed E-state index contributed by atoms with van der Waals surface area (Å²) in [5, 5.41) is 3.90. The van der Waals surface area contributed by atoms with Crippen molar-refractivity contribution < 1.29 is 19.1 Å². The van der Waals surface area contributed by atoms with Gasteiger partial charge in [0.05, 0.1) is 5.52 Å². The molecule has 6 rings (SSSR count). The fraction of sp³-hybridized carbons (Fsp3) is 0.333. The molecule has 9 heteroatoms. The minimum atomic E-state index is -0.613. The third kappa shape index (κ3) is 4.42. The number of pyridine rings is 1. The number of carbonyl (C=O) groups excluding carboxylic acids is 3. The molecule has 3 aliphatic rings. The monoisotopic (exact) mass is 504 g/mol. The van der Waals surface area contributed by atoms with Crippen LogP contribution in [0.2, 0.25) is 5.15 Å². The van der Waals surface area contributed by atoms with Crippen LogP contribution in [0.3, 0.4) is 0 Å². The molecule has 3 aromatic rings. The van der Waals surface area contributed by atoms with E-state index >= 15 is 0 Å². The Morgan fingerprint density at radius 1 is 1.06 bits per heavy atom. The summed E-state index contributed by atoms with van der Waals surface area (Å²) in [5.41, 5.74) is 3.55. The van der Waals surface area contributed by atoms with Gasteiger partial charge in [-0.3, -0.25) is 24.6 Å². The molecule has 2 saturated heterocycles. The van der Waals surface area contributed by atoms with Crippen LogP contribution in [0.1, 0.15) is 40.7 Å². The number of hydrogen-bond donors (Lipinski definition) is 1. The maximum absolute atomic E-state index is 12.9. The molecule has 2 atom stereocenters. The van der Waals surface area contributed by atoms with E-state index in [4.69, 9.17) is 16.3 Å². The second kappa shape index (κ2) is 9.19. The van der Waals surface area contributed by atoms with Crippen LogP contribution in [0.15, 0.2) is 48.5 Å². The third-order valence-corrected chi connectivity index (χ3v) is 7.36. The van der Waals surface area contributed by atoms with Crippen molar-refractivity contribution in [2.45, 2.75) is 44.5 Å². The molecule has 36 heavy (non-hydrogen) atoms. The number of hydrogen-bond acceptors (Lipinski definition) is 6. The van der Waals surface area contributed by atoms with Crippen LogP contribution in [0, 0.1) is 0 Å². The number of rotatable bonds is 5. The lowest BCUT2D eigenvalue weighted by molar-refractivity contribution is -0.136. The summed E-state index contributed by atoms with van der Waals surface area (Å²) in [6, 6.07) is 14.9. The van der Waals surface area contributed by atoms with Crippen LogP contribution < -0.4 is 10.1 Å². The number of aromatic nitrogens is 1. The Bertz CT molecular complexity index is 1390. The molecule has 3 amide bonds. The standard InChI is InChI=1S/C27H25ClN4O4/c28-24-7-2-17-11-16(1-5-22(17)29-24)13-31-10-9-20(15-31)36-19-3-4-21-18(12-19)14-32(27(21)35)23-6-8-25(33)30-26(23)34/h1-5,7,11-12,20,23H,6,8-10,13-15H2,(H,30,33,34)/t20-,23?/m0/s1. The molecule has 2 fully saturated rings. The highest BCUT2D eigenvalue weighted by atomic mass is 35.5. The number of imide groups is 1. The van der Waals surface area contributed by atoms with Gasteiger partial charge in [-0.15, -0.1) is 0 Å². The van der Waals surface area contributed by atoms with Crippen molar-refractivity contribution in [2.24, 2.45) is 0 Å². The first kappa shape index (κ1) is 22.9. The fourth-order valence-corrected chi connectivity index (χ4v) is 5.51. The van der Waals surface area contributed by atoms with Crippen molar-refractivity contribution in [2.75, 3.05) is 13.1 Å². The summed E-state index contributed by atoms with van der Waals surface area (Å²) >= 11 is 5.99. The van der Waals surface area contributed by atoms with Crippen molar-refractivity contribution in [3.63, 3.8) is 0 Å². The molecule has 0 saturated carbocycles. The van der Waals surface area contributed by atoms with E-state index in [-0.39, 0.29) is 24.3 Å². The topological polar surface area (TPSA) is 91.8 Å². The number of carbonyl (C=O) groups is 3. The summed E-state index contributed by atoms with van der Waals surface area (Å²) in [6.45, 7) is 2.93. The van der Waals surface area contributed by atoms with Gasteiger partial charge in [0, 0.05) is 43.5 Å². The molecule has 0 bridgehead atoms. The third-order valence-electron chi connectivity index (χ3n) is 7.15. The van der Waals surface area contributed by atoms with E-state index < -0.39 is 11.9 Å². The first-order valence-corrected chi connectivity index (χ1v) is 12.5. The van der Waals surface area contributed by atoms with Crippen molar-refractivity contribution in [1.82, 2.24) is 20.1 Å². The van der Waals surface area contributed by atoms with E-state index in [2.05, 4.69) is 27.3 Å². The maximum Gasteiger partial charge on any atom is 0.255 e. The predicted molar refractivity (Wildman–Crippen MR) is 134 cm³/mol. The summed E-state index contributed by atoms with van der Waals surface area (Å²) in [5.74, 6) is -0.135. The molecular formula is C27H25ClN4O4. The Hall–Kier alpha value is -3.49. The van der Waals surface area contributed by atoms with Crippen LogP contribution in [0.5, 0.6) is 5.75 Å². The lowest BCUT2D eigenvalue weighted by Crippen LogP contribution is -2.52. The second-order valence-electron chi connectivity index (χ2n) is 9.64. The van der Waals surface area contributed by atoms with Gasteiger partial charge >= 0.3 is 0 Å². The normalized spacial score (nSPS) is 22.2. The number of benzene rings is 2. The molecule has 1 aromatic heterocycles. The lowest BCUT2D eigenvalue weighted by Gasteiger charge is -2.29. The number of halogens is 1. The van der Waals surface area contributed by atoms with Gasteiger partial charge in [-0.2, -0.15) is 0 Å². The average Bonchev–Trinajstić information content (AvgIpc) is 3.42. The number of nitrogens with one attached hydrogen (secondary N) is 1. The molecule has 1 N–H and O–H groups in total. The Balaban J connectivity index is 1.08. The van der Waals surface area contributed by atoms with E-state index in [9.17, 15) is 14.4 Å². The Labute approximate surface area is 213 Å². The Kier molecular flexibility index (Phi) is 5.85. The zero-order valence-electron chi connectivity index (χ0n) is 19.6. The minimum Gasteiger partial charge on any atom is -0.489 e. The second-order valence-corrected chi connectivity index (χ2v) is 10.0. The Morgan fingerprint density at radius 2 is 1.94 bits per heavy atom. The first-order valence-electron chi connectivity index (χ1n) is 12.1. The summed E-state index contributed by atoms with van der Waals surface area (Å²) in [7, 11) is 0. The maximum atomic E-state index is 12.9. The van der Waals surface area contributed by atoms with E-state index in [1.165, 1.54) is 5.56 Å². The quantitative estimate of drug-likeness (QED) is 0.423. The number of nitrogens with zero attached hydrogens (tertiary/aromatic N) is 3.